The number of rotatable bonds is 6. The van der Waals surface area contributed by atoms with E-state index in [4.69, 9.17) is 4.74 Å². The van der Waals surface area contributed by atoms with Crippen LogP contribution in [0.1, 0.15) is 6.92 Å². The van der Waals surface area contributed by atoms with Crippen LogP contribution in [0.15, 0.2) is 59.7 Å². The lowest BCUT2D eigenvalue weighted by Gasteiger charge is -2.08. The largest absolute Gasteiger partial charge is 0.497 e. The summed E-state index contributed by atoms with van der Waals surface area (Å²) in [6, 6.07) is 13.7. The molecule has 2 amide bonds. The fourth-order valence-electron chi connectivity index (χ4n) is 3.05. The predicted octanol–water partition coefficient (Wildman–Crippen LogP) is 1.58. The molecule has 162 valence electrons. The molecule has 0 aliphatic heterocycles. The third-order valence-corrected chi connectivity index (χ3v) is 4.55. The van der Waals surface area contributed by atoms with Gasteiger partial charge >= 0.3 is 0 Å². The molecule has 11 heteroatoms. The van der Waals surface area contributed by atoms with Gasteiger partial charge in [0, 0.05) is 18.3 Å². The van der Waals surface area contributed by atoms with Gasteiger partial charge < -0.3 is 15.4 Å². The van der Waals surface area contributed by atoms with E-state index in [1.165, 1.54) is 17.9 Å². The van der Waals surface area contributed by atoms with Gasteiger partial charge in [0.1, 0.15) is 18.6 Å². The van der Waals surface area contributed by atoms with E-state index in [2.05, 4.69) is 25.9 Å². The lowest BCUT2D eigenvalue weighted by atomic mass is 10.2. The summed E-state index contributed by atoms with van der Waals surface area (Å²) in [5.74, 6) is 0.0836. The molecule has 0 spiro atoms. The maximum atomic E-state index is 12.8. The highest BCUT2D eigenvalue weighted by Gasteiger charge is 2.15. The summed E-state index contributed by atoms with van der Waals surface area (Å²) in [7, 11) is 1.57. The van der Waals surface area contributed by atoms with Gasteiger partial charge in [0.2, 0.25) is 11.8 Å². The zero-order valence-corrected chi connectivity index (χ0v) is 17.3. The van der Waals surface area contributed by atoms with Crippen molar-refractivity contribution in [1.29, 1.82) is 0 Å². The Morgan fingerprint density at radius 1 is 1.00 bits per heavy atom. The van der Waals surface area contributed by atoms with Gasteiger partial charge in [-0.05, 0) is 48.5 Å². The van der Waals surface area contributed by atoms with Crippen LogP contribution < -0.4 is 20.9 Å². The highest BCUT2D eigenvalue weighted by Crippen LogP contribution is 2.17. The van der Waals surface area contributed by atoms with Crippen molar-refractivity contribution < 1.29 is 14.3 Å². The molecule has 0 atom stereocenters. The SMILES string of the molecule is COc1ccc(-n2nnc3c(=O)n(CC(=O)Nc4ccc(NC(C)=O)cc4)cnc32)cc1. The Kier molecular flexibility index (Phi) is 5.62. The van der Waals surface area contributed by atoms with Crippen LogP contribution >= 0.6 is 0 Å². The van der Waals surface area contributed by atoms with E-state index in [9.17, 15) is 14.4 Å². The topological polar surface area (TPSA) is 133 Å². The second-order valence-corrected chi connectivity index (χ2v) is 6.86. The van der Waals surface area contributed by atoms with E-state index in [1.807, 2.05) is 0 Å². The number of carbonyl (C=O) groups is 2. The number of anilines is 2. The number of nitrogens with one attached hydrogen (secondary N) is 2. The molecule has 2 aromatic heterocycles. The molecule has 4 rings (SSSR count). The third-order valence-electron chi connectivity index (χ3n) is 4.55. The van der Waals surface area contributed by atoms with Crippen LogP contribution in [0.25, 0.3) is 16.9 Å². The highest BCUT2D eigenvalue weighted by atomic mass is 16.5. The summed E-state index contributed by atoms with van der Waals surface area (Å²) in [5.41, 5.74) is 1.66. The van der Waals surface area contributed by atoms with Crippen LogP contribution in [0.3, 0.4) is 0 Å². The molecular formula is C21H19N7O4. The fraction of sp³-hybridized carbons (Fsp3) is 0.143. The van der Waals surface area contributed by atoms with Gasteiger partial charge in [0.15, 0.2) is 11.2 Å². The first kappa shape index (κ1) is 20.7. The van der Waals surface area contributed by atoms with Crippen LogP contribution in [-0.4, -0.2) is 43.5 Å². The molecule has 0 aliphatic carbocycles. The molecule has 0 aliphatic rings. The summed E-state index contributed by atoms with van der Waals surface area (Å²) in [6.07, 6.45) is 1.29. The van der Waals surface area contributed by atoms with E-state index in [0.29, 0.717) is 22.8 Å². The highest BCUT2D eigenvalue weighted by molar-refractivity contribution is 5.92. The summed E-state index contributed by atoms with van der Waals surface area (Å²) in [6.45, 7) is 1.17. The van der Waals surface area contributed by atoms with Crippen molar-refractivity contribution in [2.75, 3.05) is 17.7 Å². The summed E-state index contributed by atoms with van der Waals surface area (Å²) in [5, 5.41) is 13.3. The van der Waals surface area contributed by atoms with Gasteiger partial charge in [0.25, 0.3) is 5.56 Å². The molecule has 11 nitrogen and oxygen atoms in total. The first-order chi connectivity index (χ1) is 15.4. The molecule has 0 unspecified atom stereocenters. The standard InChI is InChI=1S/C21H19N7O4/c1-13(29)23-14-3-5-15(6-4-14)24-18(30)11-27-12-22-20-19(21(27)31)25-26-28(20)16-7-9-17(32-2)10-8-16/h3-10,12H,11H2,1-2H3,(H,23,29)(H,24,30). The Hall–Kier alpha value is -4.54. The van der Waals surface area contributed by atoms with Crippen LogP contribution in [0.2, 0.25) is 0 Å². The molecule has 0 saturated carbocycles. The maximum Gasteiger partial charge on any atom is 0.284 e. The molecule has 2 N–H and O–H groups in total. The normalized spacial score (nSPS) is 10.7. The van der Waals surface area contributed by atoms with Crippen LogP contribution in [0.4, 0.5) is 11.4 Å². The fourth-order valence-corrected chi connectivity index (χ4v) is 3.05. The monoisotopic (exact) mass is 433 g/mol. The number of benzene rings is 2. The van der Waals surface area contributed by atoms with Crippen molar-refractivity contribution in [3.63, 3.8) is 0 Å². The van der Waals surface area contributed by atoms with E-state index >= 15 is 0 Å². The molecular weight excluding hydrogens is 414 g/mol. The minimum Gasteiger partial charge on any atom is -0.497 e. The van der Waals surface area contributed by atoms with Gasteiger partial charge in [-0.15, -0.1) is 5.10 Å². The minimum atomic E-state index is -0.481. The van der Waals surface area contributed by atoms with Gasteiger partial charge in [-0.1, -0.05) is 5.21 Å². The number of hydrogen-bond donors (Lipinski definition) is 2. The van der Waals surface area contributed by atoms with E-state index < -0.39 is 11.5 Å². The summed E-state index contributed by atoms with van der Waals surface area (Å²) >= 11 is 0. The van der Waals surface area contributed by atoms with Crippen molar-refractivity contribution in [1.82, 2.24) is 24.5 Å². The molecule has 0 saturated heterocycles. The quantitative estimate of drug-likeness (QED) is 0.472. The molecule has 32 heavy (non-hydrogen) atoms. The van der Waals surface area contributed by atoms with Crippen molar-refractivity contribution in [3.05, 3.63) is 65.2 Å². The molecule has 2 aromatic carbocycles. The predicted molar refractivity (Wildman–Crippen MR) is 117 cm³/mol. The summed E-state index contributed by atoms with van der Waals surface area (Å²) < 4.78 is 7.75. The van der Waals surface area contributed by atoms with Gasteiger partial charge in [-0.3, -0.25) is 19.0 Å². The van der Waals surface area contributed by atoms with Gasteiger partial charge in [0.05, 0.1) is 12.8 Å². The number of aromatic nitrogens is 5. The van der Waals surface area contributed by atoms with Crippen molar-refractivity contribution in [3.8, 4) is 11.4 Å². The first-order valence-corrected chi connectivity index (χ1v) is 9.57. The van der Waals surface area contributed by atoms with Crippen molar-refractivity contribution in [2.45, 2.75) is 13.5 Å². The molecule has 4 aromatic rings. The number of hydrogen-bond acceptors (Lipinski definition) is 7. The average Bonchev–Trinajstić information content (AvgIpc) is 3.22. The lowest BCUT2D eigenvalue weighted by Crippen LogP contribution is -2.28. The Morgan fingerprint density at radius 2 is 1.66 bits per heavy atom. The molecule has 0 radical (unpaired) electrons. The Morgan fingerprint density at radius 3 is 2.28 bits per heavy atom. The van der Waals surface area contributed by atoms with E-state index in [0.717, 1.165) is 4.57 Å². The number of fused-ring (bicyclic) bond motifs is 1. The van der Waals surface area contributed by atoms with Crippen LogP contribution in [0, 0.1) is 0 Å². The Balaban J connectivity index is 1.51. The lowest BCUT2D eigenvalue weighted by molar-refractivity contribution is -0.117. The van der Waals surface area contributed by atoms with Crippen molar-refractivity contribution >= 4 is 34.4 Å². The van der Waals surface area contributed by atoms with Gasteiger partial charge in [-0.25, -0.2) is 4.98 Å². The van der Waals surface area contributed by atoms with E-state index in [-0.39, 0.29) is 23.6 Å². The number of nitrogens with zero attached hydrogens (tertiary/aromatic N) is 5. The second-order valence-electron chi connectivity index (χ2n) is 6.86. The zero-order chi connectivity index (χ0) is 22.7. The first-order valence-electron chi connectivity index (χ1n) is 9.57. The minimum absolute atomic E-state index is 0.0516. The summed E-state index contributed by atoms with van der Waals surface area (Å²) in [4.78, 5) is 40.5. The molecule has 0 fully saturated rings. The smallest absolute Gasteiger partial charge is 0.284 e. The second kappa shape index (κ2) is 8.68. The van der Waals surface area contributed by atoms with Crippen LogP contribution in [-0.2, 0) is 16.1 Å². The Bertz CT molecular complexity index is 1340. The average molecular weight is 433 g/mol. The van der Waals surface area contributed by atoms with E-state index in [1.54, 1.807) is 55.6 Å². The van der Waals surface area contributed by atoms with Crippen molar-refractivity contribution in [2.24, 2.45) is 0 Å². The third kappa shape index (κ3) is 4.31. The number of methoxy groups -OCH3 is 1. The number of carbonyl (C=O) groups excluding carboxylic acids is 2. The number of ether oxygens (including phenoxy) is 1. The maximum absolute atomic E-state index is 12.8. The zero-order valence-electron chi connectivity index (χ0n) is 17.3. The van der Waals surface area contributed by atoms with Crippen LogP contribution in [0.5, 0.6) is 5.75 Å². The molecule has 2 heterocycles. The Labute approximate surface area is 181 Å². The number of amides is 2. The van der Waals surface area contributed by atoms with Gasteiger partial charge in [-0.2, -0.15) is 4.68 Å². The molecule has 0 bridgehead atoms.